The van der Waals surface area contributed by atoms with Gasteiger partial charge < -0.3 is 15.2 Å². The van der Waals surface area contributed by atoms with Gasteiger partial charge in [-0.1, -0.05) is 84.9 Å². The summed E-state index contributed by atoms with van der Waals surface area (Å²) in [6.07, 6.45) is -1.32. The van der Waals surface area contributed by atoms with Crippen molar-refractivity contribution < 1.29 is 29.0 Å². The third-order valence-electron chi connectivity index (χ3n) is 6.48. The van der Waals surface area contributed by atoms with Crippen molar-refractivity contribution >= 4 is 34.9 Å². The minimum atomic E-state index is -1.32. The molecule has 0 aromatic heterocycles. The molecule has 1 aliphatic rings. The van der Waals surface area contributed by atoms with Gasteiger partial charge in [-0.3, -0.25) is 14.4 Å². The minimum Gasteiger partial charge on any atom is -0.507 e. The van der Waals surface area contributed by atoms with Gasteiger partial charge in [-0.05, 0) is 36.2 Å². The molecule has 4 aromatic carbocycles. The lowest BCUT2D eigenvalue weighted by Crippen LogP contribution is -2.28. The number of aliphatic hydroxyl groups is 1. The van der Waals surface area contributed by atoms with E-state index in [4.69, 9.17) is 4.74 Å². The quantitative estimate of drug-likeness (QED) is 0.103. The first-order valence-corrected chi connectivity index (χ1v) is 12.2. The summed E-state index contributed by atoms with van der Waals surface area (Å²) in [7, 11) is 0. The van der Waals surface area contributed by atoms with Gasteiger partial charge in [0.05, 0.1) is 16.8 Å². The number of fused-ring (bicyclic) bond motifs is 1. The molecule has 192 valence electrons. The van der Waals surface area contributed by atoms with E-state index in [-0.39, 0.29) is 28.2 Å². The molecule has 5 rings (SSSR count). The maximum atomic E-state index is 13.8. The number of para-hydroxylation sites is 1. The fraction of sp³-hybridized carbons (Fsp3) is 0.0625. The molecule has 1 atom stereocenters. The van der Waals surface area contributed by atoms with E-state index in [0.29, 0.717) is 11.1 Å². The number of Topliss-reactive ketones (excluding diaryl/α,β-unsaturated/α-hetero) is 2. The van der Waals surface area contributed by atoms with Crippen LogP contribution in [0.15, 0.2) is 109 Å². The van der Waals surface area contributed by atoms with Crippen LogP contribution in [0.4, 0.5) is 5.69 Å². The third-order valence-corrected chi connectivity index (χ3v) is 6.48. The predicted octanol–water partition coefficient (Wildman–Crippen LogP) is 5.94. The highest BCUT2D eigenvalue weighted by Crippen LogP contribution is 2.40. The van der Waals surface area contributed by atoms with Gasteiger partial charge in [0.1, 0.15) is 5.76 Å². The molecule has 0 aliphatic carbocycles. The number of anilines is 1. The number of carbonyl (C=O) groups is 4. The van der Waals surface area contributed by atoms with E-state index in [0.717, 1.165) is 5.56 Å². The molecule has 0 fully saturated rings. The van der Waals surface area contributed by atoms with Crippen molar-refractivity contribution in [3.8, 4) is 11.1 Å². The molecule has 2 N–H and O–H groups in total. The van der Waals surface area contributed by atoms with Crippen LogP contribution in [0.2, 0.25) is 0 Å². The molecule has 7 heteroatoms. The maximum Gasteiger partial charge on any atom is 0.339 e. The Morgan fingerprint density at radius 3 is 2.05 bits per heavy atom. The van der Waals surface area contributed by atoms with E-state index in [2.05, 4.69) is 5.32 Å². The lowest BCUT2D eigenvalue weighted by Gasteiger charge is -2.18. The predicted molar refractivity (Wildman–Crippen MR) is 146 cm³/mol. The zero-order valence-corrected chi connectivity index (χ0v) is 20.9. The number of benzene rings is 4. The summed E-state index contributed by atoms with van der Waals surface area (Å²) < 4.78 is 5.55. The highest BCUT2D eigenvalue weighted by Gasteiger charge is 2.40. The molecule has 7 nitrogen and oxygen atoms in total. The molecule has 1 heterocycles. The van der Waals surface area contributed by atoms with Crippen LogP contribution in [0.25, 0.3) is 16.9 Å². The molecule has 0 radical (unpaired) electrons. The topological polar surface area (TPSA) is 110 Å². The fourth-order valence-electron chi connectivity index (χ4n) is 4.62. The largest absolute Gasteiger partial charge is 0.507 e. The molecule has 1 amide bonds. The molecule has 0 bridgehead atoms. The molecule has 0 unspecified atom stereocenters. The van der Waals surface area contributed by atoms with Gasteiger partial charge in [0.2, 0.25) is 0 Å². The lowest BCUT2D eigenvalue weighted by atomic mass is 9.90. The van der Waals surface area contributed by atoms with E-state index >= 15 is 0 Å². The van der Waals surface area contributed by atoms with Crippen LogP contribution in [0.1, 0.15) is 44.9 Å². The van der Waals surface area contributed by atoms with Crippen molar-refractivity contribution in [1.82, 2.24) is 0 Å². The average molecular weight is 518 g/mol. The Kier molecular flexibility index (Phi) is 6.89. The SMILES string of the molecule is CC(=O)c1ccccc1NC(=O)C(=O)C(=C(O)c1ccccc1-c1ccccc1)[C@@H]1OC(=O)c2ccccc21. The van der Waals surface area contributed by atoms with E-state index < -0.39 is 35.1 Å². The number of carbonyl (C=O) groups excluding carboxylic acids is 4. The van der Waals surface area contributed by atoms with Crippen molar-refractivity contribution in [2.75, 3.05) is 5.32 Å². The smallest absolute Gasteiger partial charge is 0.339 e. The third kappa shape index (κ3) is 4.85. The van der Waals surface area contributed by atoms with Gasteiger partial charge in [-0.2, -0.15) is 0 Å². The number of cyclic esters (lactones) is 1. The first kappa shape index (κ1) is 25.4. The van der Waals surface area contributed by atoms with Gasteiger partial charge in [0.25, 0.3) is 11.7 Å². The van der Waals surface area contributed by atoms with E-state index in [1.807, 2.05) is 30.3 Å². The Bertz CT molecular complexity index is 1650. The van der Waals surface area contributed by atoms with Crippen LogP contribution < -0.4 is 5.32 Å². The first-order valence-electron chi connectivity index (χ1n) is 12.2. The first-order chi connectivity index (χ1) is 18.9. The highest BCUT2D eigenvalue weighted by molar-refractivity contribution is 6.48. The second-order valence-corrected chi connectivity index (χ2v) is 8.93. The number of hydrogen-bond donors (Lipinski definition) is 2. The second kappa shape index (κ2) is 10.6. The standard InChI is InChI=1S/C32H23NO6/c1-19(34)21-13-9-10-18-26(21)33-31(37)29(36)27(30-24-16-7-8-17-25(24)32(38)39-30)28(35)23-15-6-5-14-22(23)20-11-3-2-4-12-20/h2-18,30,35H,1H3,(H,33,37)/t30-/m1/s1. The van der Waals surface area contributed by atoms with Crippen molar-refractivity contribution in [3.05, 3.63) is 131 Å². The maximum absolute atomic E-state index is 13.8. The van der Waals surface area contributed by atoms with Crippen LogP contribution in [0.3, 0.4) is 0 Å². The molecule has 39 heavy (non-hydrogen) atoms. The van der Waals surface area contributed by atoms with Crippen LogP contribution in [-0.4, -0.2) is 28.5 Å². The van der Waals surface area contributed by atoms with Crippen LogP contribution in [-0.2, 0) is 14.3 Å². The fourth-order valence-corrected chi connectivity index (χ4v) is 4.62. The van der Waals surface area contributed by atoms with Crippen molar-refractivity contribution in [2.45, 2.75) is 13.0 Å². The van der Waals surface area contributed by atoms with Gasteiger partial charge in [-0.25, -0.2) is 4.79 Å². The summed E-state index contributed by atoms with van der Waals surface area (Å²) in [5.41, 5.74) is 2.23. The second-order valence-electron chi connectivity index (χ2n) is 8.93. The monoisotopic (exact) mass is 517 g/mol. The summed E-state index contributed by atoms with van der Waals surface area (Å²) in [5.74, 6) is -3.67. The summed E-state index contributed by atoms with van der Waals surface area (Å²) in [6.45, 7) is 1.35. The molecule has 4 aromatic rings. The van der Waals surface area contributed by atoms with E-state index in [9.17, 15) is 24.3 Å². The average Bonchev–Trinajstić information content (AvgIpc) is 3.29. The number of ether oxygens (including phenoxy) is 1. The Labute approximate surface area is 224 Å². The number of amides is 1. The lowest BCUT2D eigenvalue weighted by molar-refractivity contribution is -0.133. The molecule has 0 saturated heterocycles. The molecular formula is C32H23NO6. The van der Waals surface area contributed by atoms with Crippen LogP contribution in [0.5, 0.6) is 0 Å². The van der Waals surface area contributed by atoms with Gasteiger partial charge >= 0.3 is 5.97 Å². The number of rotatable bonds is 7. The van der Waals surface area contributed by atoms with Gasteiger partial charge in [0.15, 0.2) is 11.9 Å². The normalized spacial score (nSPS) is 14.6. The van der Waals surface area contributed by atoms with Crippen LogP contribution in [0, 0.1) is 0 Å². The number of aliphatic hydroxyl groups excluding tert-OH is 1. The van der Waals surface area contributed by atoms with E-state index in [1.54, 1.807) is 60.7 Å². The Balaban J connectivity index is 1.65. The summed E-state index contributed by atoms with van der Waals surface area (Å²) in [5, 5.41) is 14.1. The molecule has 0 saturated carbocycles. The summed E-state index contributed by atoms with van der Waals surface area (Å²) in [4.78, 5) is 51.8. The Morgan fingerprint density at radius 2 is 1.33 bits per heavy atom. The van der Waals surface area contributed by atoms with Crippen molar-refractivity contribution in [1.29, 1.82) is 0 Å². The van der Waals surface area contributed by atoms with Crippen LogP contribution >= 0.6 is 0 Å². The molecule has 0 spiro atoms. The van der Waals surface area contributed by atoms with E-state index in [1.165, 1.54) is 19.1 Å². The summed E-state index contributed by atoms with van der Waals surface area (Å²) >= 11 is 0. The van der Waals surface area contributed by atoms with Crippen molar-refractivity contribution in [3.63, 3.8) is 0 Å². The van der Waals surface area contributed by atoms with Gasteiger partial charge in [-0.15, -0.1) is 0 Å². The number of ketones is 2. The zero-order valence-electron chi connectivity index (χ0n) is 20.9. The summed E-state index contributed by atoms with van der Waals surface area (Å²) in [6, 6.07) is 28.9. The number of hydrogen-bond acceptors (Lipinski definition) is 6. The molecule has 1 aliphatic heterocycles. The number of esters is 1. The van der Waals surface area contributed by atoms with Crippen molar-refractivity contribution in [2.24, 2.45) is 0 Å². The minimum absolute atomic E-state index is 0.149. The number of nitrogens with one attached hydrogen (secondary N) is 1. The zero-order chi connectivity index (χ0) is 27.5. The van der Waals surface area contributed by atoms with Gasteiger partial charge in [0, 0.05) is 16.7 Å². The Morgan fingerprint density at radius 1 is 0.744 bits per heavy atom. The highest BCUT2D eigenvalue weighted by atomic mass is 16.5. The molecular weight excluding hydrogens is 494 g/mol. The Hall–Kier alpha value is -5.30.